The van der Waals surface area contributed by atoms with Crippen LogP contribution in [0.4, 0.5) is 0 Å². The molecule has 2 aromatic rings. The summed E-state index contributed by atoms with van der Waals surface area (Å²) in [6.07, 6.45) is 1.33. The van der Waals surface area contributed by atoms with Gasteiger partial charge in [-0.25, -0.2) is 0 Å². The van der Waals surface area contributed by atoms with E-state index in [4.69, 9.17) is 9.31 Å². The molecule has 6 heteroatoms. The predicted octanol–water partition coefficient (Wildman–Crippen LogP) is 0.202. The Balaban J connectivity index is 1.85. The Morgan fingerprint density at radius 2 is 1.48 bits per heavy atom. The maximum absolute atomic E-state index is 10.2. The smallest absolute Gasteiger partial charge is 0.423 e. The molecule has 1 aliphatic heterocycles. The van der Waals surface area contributed by atoms with Gasteiger partial charge in [0.2, 0.25) is 0 Å². The van der Waals surface area contributed by atoms with E-state index in [0.29, 0.717) is 26.1 Å². The topological polar surface area (TPSA) is 58.9 Å². The van der Waals surface area contributed by atoms with E-state index in [9.17, 15) is 10.0 Å². The zero-order chi connectivity index (χ0) is 16.2. The van der Waals surface area contributed by atoms with Crippen LogP contribution in [-0.2, 0) is 22.2 Å². The van der Waals surface area contributed by atoms with Crippen LogP contribution in [0.15, 0.2) is 42.5 Å². The predicted molar refractivity (Wildman–Crippen MR) is 92.1 cm³/mol. The Hall–Kier alpha value is -1.59. The highest BCUT2D eigenvalue weighted by atomic mass is 16.5. The van der Waals surface area contributed by atoms with Crippen LogP contribution < -0.4 is 10.9 Å². The van der Waals surface area contributed by atoms with Gasteiger partial charge in [-0.15, -0.1) is 0 Å². The molecule has 4 bridgehead atoms. The fourth-order valence-corrected chi connectivity index (χ4v) is 2.85. The third kappa shape index (κ3) is 4.24. The number of aryl methyl sites for hydroxylation is 1. The SMILES string of the molecule is Cc1cc2cc(c1)B(O)OCCc1cccc(c1)B(O)OCC2. The summed E-state index contributed by atoms with van der Waals surface area (Å²) in [5.74, 6) is 0. The van der Waals surface area contributed by atoms with Crippen molar-refractivity contribution in [2.75, 3.05) is 13.2 Å². The van der Waals surface area contributed by atoms with Crippen molar-refractivity contribution in [2.24, 2.45) is 0 Å². The molecule has 1 heterocycles. The van der Waals surface area contributed by atoms with Gasteiger partial charge in [-0.2, -0.15) is 0 Å². The maximum atomic E-state index is 10.2. The average Bonchev–Trinajstić information content (AvgIpc) is 2.53. The Morgan fingerprint density at radius 1 is 0.826 bits per heavy atom. The molecule has 0 amide bonds. The summed E-state index contributed by atoms with van der Waals surface area (Å²) < 4.78 is 11.1. The molecule has 0 fully saturated rings. The third-order valence-electron chi connectivity index (χ3n) is 4.01. The summed E-state index contributed by atoms with van der Waals surface area (Å²) in [4.78, 5) is 0. The second-order valence-corrected chi connectivity index (χ2v) is 5.94. The highest BCUT2D eigenvalue weighted by Crippen LogP contribution is 2.07. The summed E-state index contributed by atoms with van der Waals surface area (Å²) in [6.45, 7) is 2.81. The van der Waals surface area contributed by atoms with Crippen LogP contribution in [0.2, 0.25) is 0 Å². The maximum Gasteiger partial charge on any atom is 0.491 e. The molecule has 2 aromatic carbocycles. The Morgan fingerprint density at radius 3 is 2.26 bits per heavy atom. The molecule has 1 aliphatic rings. The highest BCUT2D eigenvalue weighted by molar-refractivity contribution is 6.60. The number of benzene rings is 2. The van der Waals surface area contributed by atoms with Gasteiger partial charge in [0.25, 0.3) is 0 Å². The fourth-order valence-electron chi connectivity index (χ4n) is 2.85. The van der Waals surface area contributed by atoms with Crippen LogP contribution in [0.25, 0.3) is 0 Å². The first-order chi connectivity index (χ1) is 11.1. The second-order valence-electron chi connectivity index (χ2n) is 5.94. The second kappa shape index (κ2) is 7.32. The molecule has 2 N–H and O–H groups in total. The van der Waals surface area contributed by atoms with E-state index in [1.807, 2.05) is 43.3 Å². The molecule has 0 aromatic heterocycles. The van der Waals surface area contributed by atoms with Gasteiger partial charge in [0.15, 0.2) is 0 Å². The van der Waals surface area contributed by atoms with Gasteiger partial charge in [0, 0.05) is 13.2 Å². The molecular formula is C17H20B2O4. The van der Waals surface area contributed by atoms with Crippen molar-refractivity contribution >= 4 is 25.2 Å². The minimum absolute atomic E-state index is 0.408. The van der Waals surface area contributed by atoms with Crippen molar-refractivity contribution in [3.63, 3.8) is 0 Å². The van der Waals surface area contributed by atoms with Crippen molar-refractivity contribution in [3.8, 4) is 0 Å². The van der Waals surface area contributed by atoms with E-state index in [1.54, 1.807) is 0 Å². The zero-order valence-corrected chi connectivity index (χ0v) is 13.2. The number of hydrogen-bond acceptors (Lipinski definition) is 4. The Labute approximate surface area is 137 Å². The van der Waals surface area contributed by atoms with Crippen LogP contribution in [0, 0.1) is 6.92 Å². The van der Waals surface area contributed by atoms with Gasteiger partial charge in [-0.05, 0) is 41.8 Å². The number of fused-ring (bicyclic) bond motifs is 4. The summed E-state index contributed by atoms with van der Waals surface area (Å²) in [6, 6.07) is 13.5. The van der Waals surface area contributed by atoms with Crippen LogP contribution >= 0.6 is 0 Å². The largest absolute Gasteiger partial charge is 0.491 e. The van der Waals surface area contributed by atoms with E-state index in [-0.39, 0.29) is 0 Å². The van der Waals surface area contributed by atoms with Crippen LogP contribution in [0.3, 0.4) is 0 Å². The Bertz CT molecular complexity index is 677. The first kappa shape index (κ1) is 16.3. The standard InChI is InChI=1S/C17H20B2O4/c1-13-9-15-6-8-22-18(20)16-4-2-3-14(11-16)5-7-23-19(21)17(10-13)12-15/h2-4,9-12,20-21H,5-8H2,1H3. The molecule has 0 atom stereocenters. The number of hydrogen-bond donors (Lipinski definition) is 2. The molecule has 0 radical (unpaired) electrons. The van der Waals surface area contributed by atoms with Gasteiger partial charge in [0.1, 0.15) is 0 Å². The van der Waals surface area contributed by atoms with Crippen LogP contribution in [0.1, 0.15) is 16.7 Å². The summed E-state index contributed by atoms with van der Waals surface area (Å²) in [5, 5.41) is 20.4. The van der Waals surface area contributed by atoms with E-state index in [1.165, 1.54) is 0 Å². The van der Waals surface area contributed by atoms with E-state index in [0.717, 1.165) is 27.6 Å². The fraction of sp³-hybridized carbons (Fsp3) is 0.294. The lowest BCUT2D eigenvalue weighted by Crippen LogP contribution is -2.36. The van der Waals surface area contributed by atoms with Crippen molar-refractivity contribution in [3.05, 3.63) is 59.2 Å². The van der Waals surface area contributed by atoms with Crippen molar-refractivity contribution in [2.45, 2.75) is 19.8 Å². The van der Waals surface area contributed by atoms with Crippen LogP contribution in [-0.4, -0.2) is 37.5 Å². The Kier molecular flexibility index (Phi) is 5.18. The lowest BCUT2D eigenvalue weighted by molar-refractivity contribution is 0.270. The molecule has 4 nitrogen and oxygen atoms in total. The van der Waals surface area contributed by atoms with Gasteiger partial charge in [-0.1, -0.05) is 48.0 Å². The lowest BCUT2D eigenvalue weighted by atomic mass is 9.77. The molecule has 0 aliphatic carbocycles. The molecule has 3 rings (SSSR count). The van der Waals surface area contributed by atoms with Gasteiger partial charge >= 0.3 is 14.2 Å². The summed E-state index contributed by atoms with van der Waals surface area (Å²) in [5.41, 5.74) is 4.66. The molecule has 0 saturated heterocycles. The third-order valence-corrected chi connectivity index (χ3v) is 4.01. The quantitative estimate of drug-likeness (QED) is 0.683. The van der Waals surface area contributed by atoms with Gasteiger partial charge in [0.05, 0.1) is 0 Å². The first-order valence-corrected chi connectivity index (χ1v) is 7.90. The molecule has 0 unspecified atom stereocenters. The van der Waals surface area contributed by atoms with Gasteiger partial charge < -0.3 is 19.4 Å². The average molecular weight is 310 g/mol. The summed E-state index contributed by atoms with van der Waals surface area (Å²) in [7, 11) is -1.85. The lowest BCUT2D eigenvalue weighted by Gasteiger charge is -2.14. The van der Waals surface area contributed by atoms with E-state index >= 15 is 0 Å². The highest BCUT2D eigenvalue weighted by Gasteiger charge is 2.20. The molecule has 0 saturated carbocycles. The van der Waals surface area contributed by atoms with E-state index < -0.39 is 14.2 Å². The molecule has 0 spiro atoms. The molecule has 118 valence electrons. The van der Waals surface area contributed by atoms with Crippen LogP contribution in [0.5, 0.6) is 0 Å². The summed E-state index contributed by atoms with van der Waals surface area (Å²) >= 11 is 0. The zero-order valence-electron chi connectivity index (χ0n) is 13.2. The normalized spacial score (nSPS) is 16.1. The molecule has 23 heavy (non-hydrogen) atoms. The first-order valence-electron chi connectivity index (χ1n) is 7.90. The number of rotatable bonds is 0. The molecular weight excluding hydrogens is 290 g/mol. The van der Waals surface area contributed by atoms with Gasteiger partial charge in [-0.3, -0.25) is 0 Å². The minimum atomic E-state index is -0.925. The van der Waals surface area contributed by atoms with Crippen molar-refractivity contribution < 1.29 is 19.4 Å². The van der Waals surface area contributed by atoms with Crippen molar-refractivity contribution in [1.29, 1.82) is 0 Å². The minimum Gasteiger partial charge on any atom is -0.423 e. The van der Waals surface area contributed by atoms with Crippen molar-refractivity contribution in [1.82, 2.24) is 0 Å². The monoisotopic (exact) mass is 310 g/mol. The van der Waals surface area contributed by atoms with E-state index in [2.05, 4.69) is 6.07 Å².